The number of nitrogens with two attached hydrogens (primary N) is 1. The molecular formula is C6H15Cl2CoN. The van der Waals surface area contributed by atoms with Crippen molar-refractivity contribution in [3.8, 4) is 0 Å². The first-order valence-corrected chi connectivity index (χ1v) is 6.23. The molecule has 67 valence electrons. The van der Waals surface area contributed by atoms with E-state index in [0.717, 1.165) is 6.54 Å². The topological polar surface area (TPSA) is 26.0 Å². The third-order valence-electron chi connectivity index (χ3n) is 1.06. The van der Waals surface area contributed by atoms with Gasteiger partial charge in [-0.3, -0.25) is 0 Å². The Labute approximate surface area is 78.1 Å². The van der Waals surface area contributed by atoms with Crippen LogP contribution in [0.5, 0.6) is 0 Å². The molecule has 0 spiro atoms. The van der Waals surface area contributed by atoms with Gasteiger partial charge in [0.25, 0.3) is 0 Å². The molecular weight excluding hydrogens is 216 g/mol. The standard InChI is InChI=1S/C6H15N.2ClH.Co/c1-2-3-4-5-6-7;;;/h2-7H2,1H3;2*1H;/q;;;+2/p-2. The molecule has 0 rings (SSSR count). The maximum atomic E-state index is 5.27. The van der Waals surface area contributed by atoms with Crippen molar-refractivity contribution < 1.29 is 12.9 Å². The second-order valence-electron chi connectivity index (χ2n) is 1.90. The molecule has 0 aliphatic rings. The first-order valence-electron chi connectivity index (χ1n) is 3.37. The molecule has 0 amide bonds. The van der Waals surface area contributed by atoms with Gasteiger partial charge in [-0.25, -0.2) is 0 Å². The first kappa shape index (κ1) is 13.6. The molecule has 0 saturated carbocycles. The third kappa shape index (κ3) is 23.0. The maximum absolute atomic E-state index is 5.27. The number of hydrogen-bond donors (Lipinski definition) is 1. The summed E-state index contributed by atoms with van der Waals surface area (Å²) in [4.78, 5) is 0. The average molecular weight is 231 g/mol. The van der Waals surface area contributed by atoms with E-state index in [-0.39, 0.29) is 0 Å². The number of rotatable bonds is 4. The van der Waals surface area contributed by atoms with Crippen molar-refractivity contribution in [2.24, 2.45) is 5.73 Å². The van der Waals surface area contributed by atoms with Gasteiger partial charge in [0, 0.05) is 0 Å². The van der Waals surface area contributed by atoms with Gasteiger partial charge >= 0.3 is 33.2 Å². The van der Waals surface area contributed by atoms with Crippen LogP contribution in [0.3, 0.4) is 0 Å². The van der Waals surface area contributed by atoms with Crippen LogP contribution in [0.15, 0.2) is 0 Å². The van der Waals surface area contributed by atoms with Gasteiger partial charge in [0.15, 0.2) is 0 Å². The zero-order valence-corrected chi connectivity index (χ0v) is 8.76. The van der Waals surface area contributed by atoms with Crippen LogP contribution in [0, 0.1) is 0 Å². The Morgan fingerprint density at radius 3 is 2.00 bits per heavy atom. The molecule has 0 aromatic heterocycles. The minimum atomic E-state index is 0.382. The Balaban J connectivity index is 0. The molecule has 0 aliphatic carbocycles. The quantitative estimate of drug-likeness (QED) is 0.739. The molecule has 4 heteroatoms. The Hall–Kier alpha value is 1.05. The second kappa shape index (κ2) is 16.6. The van der Waals surface area contributed by atoms with Crippen molar-refractivity contribution in [2.45, 2.75) is 32.6 Å². The van der Waals surface area contributed by atoms with Crippen LogP contribution in [-0.4, -0.2) is 6.54 Å². The number of hydrogen-bond acceptors (Lipinski definition) is 1. The number of unbranched alkanes of at least 4 members (excludes halogenated alkanes) is 3. The van der Waals surface area contributed by atoms with Gasteiger partial charge in [-0.15, -0.1) is 0 Å². The molecule has 1 nitrogen and oxygen atoms in total. The molecule has 0 heterocycles. The average Bonchev–Trinajstić information content (AvgIpc) is 1.91. The monoisotopic (exact) mass is 230 g/mol. The summed E-state index contributed by atoms with van der Waals surface area (Å²) < 4.78 is 0. The van der Waals surface area contributed by atoms with E-state index >= 15 is 0 Å². The predicted molar refractivity (Wildman–Crippen MR) is 44.9 cm³/mol. The van der Waals surface area contributed by atoms with Crippen molar-refractivity contribution >= 4 is 20.3 Å². The van der Waals surface area contributed by atoms with Crippen LogP contribution in [0.1, 0.15) is 32.6 Å². The fourth-order valence-corrected chi connectivity index (χ4v) is 0.571. The SMILES string of the molecule is CCCCCCN.[Cl][Co][Cl]. The zero-order chi connectivity index (χ0) is 8.24. The molecule has 2 N–H and O–H groups in total. The van der Waals surface area contributed by atoms with Crippen molar-refractivity contribution in [1.82, 2.24) is 0 Å². The van der Waals surface area contributed by atoms with E-state index in [1.54, 1.807) is 0 Å². The summed E-state index contributed by atoms with van der Waals surface area (Å²) in [6.45, 7) is 3.07. The first-order chi connectivity index (χ1) is 4.83. The van der Waals surface area contributed by atoms with E-state index in [4.69, 9.17) is 26.0 Å². The van der Waals surface area contributed by atoms with Crippen LogP contribution in [-0.2, 0) is 12.9 Å². The molecule has 10 heavy (non-hydrogen) atoms. The summed E-state index contributed by atoms with van der Waals surface area (Å²) in [5.74, 6) is 0. The third-order valence-corrected chi connectivity index (χ3v) is 1.06. The van der Waals surface area contributed by atoms with Gasteiger partial charge in [-0.1, -0.05) is 26.2 Å². The molecule has 0 aliphatic heterocycles. The number of halogens is 2. The molecule has 0 bridgehead atoms. The molecule has 0 atom stereocenters. The summed E-state index contributed by atoms with van der Waals surface area (Å²) in [7, 11) is 9.47. The van der Waals surface area contributed by atoms with Gasteiger partial charge in [0.05, 0.1) is 0 Å². The van der Waals surface area contributed by atoms with Crippen LogP contribution >= 0.6 is 20.3 Å². The van der Waals surface area contributed by atoms with E-state index in [9.17, 15) is 0 Å². The van der Waals surface area contributed by atoms with E-state index in [2.05, 4.69) is 6.92 Å². The predicted octanol–water partition coefficient (Wildman–Crippen LogP) is 2.90. The minimum absolute atomic E-state index is 0.382. The van der Waals surface area contributed by atoms with E-state index in [1.807, 2.05) is 0 Å². The van der Waals surface area contributed by atoms with Gasteiger partial charge in [-0.05, 0) is 13.0 Å². The van der Waals surface area contributed by atoms with Crippen LogP contribution in [0.25, 0.3) is 0 Å². The van der Waals surface area contributed by atoms with Crippen molar-refractivity contribution in [2.75, 3.05) is 6.54 Å². The van der Waals surface area contributed by atoms with Gasteiger partial charge in [0.1, 0.15) is 0 Å². The van der Waals surface area contributed by atoms with Crippen molar-refractivity contribution in [1.29, 1.82) is 0 Å². The Kier molecular flexibility index (Phi) is 22.6. The summed E-state index contributed by atoms with van der Waals surface area (Å²) in [5, 5.41) is 0. The van der Waals surface area contributed by atoms with E-state index in [0.29, 0.717) is 12.9 Å². The van der Waals surface area contributed by atoms with Crippen molar-refractivity contribution in [3.05, 3.63) is 0 Å². The Bertz CT molecular complexity index is 42.7. The zero-order valence-electron chi connectivity index (χ0n) is 6.20. The van der Waals surface area contributed by atoms with Crippen LogP contribution in [0.4, 0.5) is 0 Å². The molecule has 0 fully saturated rings. The molecule has 0 radical (unpaired) electrons. The van der Waals surface area contributed by atoms with E-state index < -0.39 is 0 Å². The molecule has 0 aromatic carbocycles. The fraction of sp³-hybridized carbons (Fsp3) is 1.00. The fourth-order valence-electron chi connectivity index (χ4n) is 0.571. The molecule has 0 unspecified atom stereocenters. The van der Waals surface area contributed by atoms with Crippen LogP contribution in [0.2, 0.25) is 0 Å². The summed E-state index contributed by atoms with van der Waals surface area (Å²) in [6.07, 6.45) is 5.16. The second-order valence-corrected chi connectivity index (χ2v) is 3.62. The van der Waals surface area contributed by atoms with Gasteiger partial charge in [0.2, 0.25) is 0 Å². The van der Waals surface area contributed by atoms with Crippen molar-refractivity contribution in [3.63, 3.8) is 0 Å². The van der Waals surface area contributed by atoms with E-state index in [1.165, 1.54) is 25.7 Å². The molecule has 0 aromatic rings. The summed E-state index contributed by atoms with van der Waals surface area (Å²) in [6, 6.07) is 0. The van der Waals surface area contributed by atoms with Gasteiger partial charge < -0.3 is 5.73 Å². The normalized spacial score (nSPS) is 8.80. The summed E-state index contributed by atoms with van der Waals surface area (Å²) in [5.41, 5.74) is 5.27. The van der Waals surface area contributed by atoms with Gasteiger partial charge in [-0.2, -0.15) is 0 Å². The Morgan fingerprint density at radius 1 is 1.20 bits per heavy atom. The Morgan fingerprint density at radius 2 is 1.70 bits per heavy atom. The summed E-state index contributed by atoms with van der Waals surface area (Å²) >= 11 is 0.382. The molecule has 0 saturated heterocycles. The van der Waals surface area contributed by atoms with Crippen LogP contribution < -0.4 is 5.73 Å².